The van der Waals surface area contributed by atoms with E-state index in [0.29, 0.717) is 12.5 Å². The Morgan fingerprint density at radius 1 is 1.37 bits per heavy atom. The molecule has 0 spiro atoms. The Balaban J connectivity index is 1.73. The Kier molecular flexibility index (Phi) is 3.53. The normalized spacial score (nSPS) is 23.8. The first-order chi connectivity index (χ1) is 9.22. The van der Waals surface area contributed by atoms with Gasteiger partial charge in [0.05, 0.1) is 0 Å². The molecule has 2 aliphatic rings. The van der Waals surface area contributed by atoms with E-state index in [1.165, 1.54) is 11.1 Å². The number of anilines is 1. The second-order valence-electron chi connectivity index (χ2n) is 5.58. The van der Waals surface area contributed by atoms with E-state index in [-0.39, 0.29) is 5.91 Å². The fourth-order valence-electron chi connectivity index (χ4n) is 2.93. The number of hydrogen-bond acceptors (Lipinski definition) is 3. The Labute approximate surface area is 114 Å². The van der Waals surface area contributed by atoms with Gasteiger partial charge in [0.1, 0.15) is 0 Å². The lowest BCUT2D eigenvalue weighted by molar-refractivity contribution is -0.116. The summed E-state index contributed by atoms with van der Waals surface area (Å²) in [5.41, 5.74) is 3.65. The Morgan fingerprint density at radius 3 is 3.11 bits per heavy atom. The van der Waals surface area contributed by atoms with E-state index in [2.05, 4.69) is 40.8 Å². The van der Waals surface area contributed by atoms with E-state index in [9.17, 15) is 4.79 Å². The van der Waals surface area contributed by atoms with E-state index in [1.54, 1.807) is 0 Å². The molecule has 1 aromatic carbocycles. The lowest BCUT2D eigenvalue weighted by Gasteiger charge is -2.33. The van der Waals surface area contributed by atoms with Crippen molar-refractivity contribution in [2.24, 2.45) is 0 Å². The first kappa shape index (κ1) is 12.6. The van der Waals surface area contributed by atoms with Gasteiger partial charge in [-0.25, -0.2) is 0 Å². The van der Waals surface area contributed by atoms with Crippen LogP contribution in [0.2, 0.25) is 0 Å². The summed E-state index contributed by atoms with van der Waals surface area (Å²) in [7, 11) is 2.20. The van der Waals surface area contributed by atoms with Gasteiger partial charge in [0.25, 0.3) is 0 Å². The van der Waals surface area contributed by atoms with Crippen LogP contribution in [0.1, 0.15) is 17.5 Å². The fraction of sp³-hybridized carbons (Fsp3) is 0.533. The van der Waals surface area contributed by atoms with Gasteiger partial charge in [0, 0.05) is 37.8 Å². The number of fused-ring (bicyclic) bond motifs is 1. The Hall–Kier alpha value is -1.39. The van der Waals surface area contributed by atoms with Crippen molar-refractivity contribution in [2.45, 2.75) is 25.3 Å². The highest BCUT2D eigenvalue weighted by Crippen LogP contribution is 2.24. The number of hydrogen-bond donors (Lipinski definition) is 2. The van der Waals surface area contributed by atoms with Gasteiger partial charge >= 0.3 is 0 Å². The average molecular weight is 259 g/mol. The number of rotatable bonds is 2. The molecule has 3 rings (SSSR count). The average Bonchev–Trinajstić information content (AvgIpc) is 2.41. The number of carbonyl (C=O) groups excluding carboxylic acids is 1. The number of nitrogens with one attached hydrogen (secondary N) is 2. The van der Waals surface area contributed by atoms with Gasteiger partial charge in [-0.05, 0) is 37.1 Å². The Bertz CT molecular complexity index is 486. The number of aryl methyl sites for hydroxylation is 1. The number of benzene rings is 1. The van der Waals surface area contributed by atoms with Crippen LogP contribution >= 0.6 is 0 Å². The number of amides is 1. The lowest BCUT2D eigenvalue weighted by atomic mass is 9.96. The molecule has 1 fully saturated rings. The predicted molar refractivity (Wildman–Crippen MR) is 76.4 cm³/mol. The summed E-state index contributed by atoms with van der Waals surface area (Å²) in [4.78, 5) is 13.8. The summed E-state index contributed by atoms with van der Waals surface area (Å²) in [5.74, 6) is 0.136. The molecule has 2 heterocycles. The van der Waals surface area contributed by atoms with Crippen LogP contribution in [0.5, 0.6) is 0 Å². The smallest absolute Gasteiger partial charge is 0.224 e. The van der Waals surface area contributed by atoms with Crippen molar-refractivity contribution >= 4 is 11.6 Å². The highest BCUT2D eigenvalue weighted by molar-refractivity contribution is 5.93. The zero-order chi connectivity index (χ0) is 13.2. The quantitative estimate of drug-likeness (QED) is 0.833. The molecule has 0 radical (unpaired) electrons. The molecule has 1 atom stereocenters. The molecule has 0 aliphatic carbocycles. The summed E-state index contributed by atoms with van der Waals surface area (Å²) in [5, 5.41) is 6.39. The molecule has 4 nitrogen and oxygen atoms in total. The van der Waals surface area contributed by atoms with Gasteiger partial charge in [-0.15, -0.1) is 0 Å². The van der Waals surface area contributed by atoms with Crippen LogP contribution in [0.3, 0.4) is 0 Å². The lowest BCUT2D eigenvalue weighted by Crippen LogP contribution is -2.50. The molecular weight excluding hydrogens is 238 g/mol. The minimum absolute atomic E-state index is 0.136. The standard InChI is InChI=1S/C15H21N3O/c1-18-7-6-16-10-13(18)9-11-2-4-14-12(8-11)3-5-15(19)17-14/h2,4,8,13,16H,3,5-7,9-10H2,1H3,(H,17,19). The van der Waals surface area contributed by atoms with Crippen molar-refractivity contribution < 1.29 is 4.79 Å². The molecule has 4 heteroatoms. The maximum Gasteiger partial charge on any atom is 0.224 e. The number of nitrogens with zero attached hydrogens (tertiary/aromatic N) is 1. The SMILES string of the molecule is CN1CCNCC1Cc1ccc2c(c1)CCC(=O)N2. The molecule has 0 bridgehead atoms. The molecule has 19 heavy (non-hydrogen) atoms. The highest BCUT2D eigenvalue weighted by atomic mass is 16.1. The van der Waals surface area contributed by atoms with Crippen molar-refractivity contribution in [3.05, 3.63) is 29.3 Å². The maximum absolute atomic E-state index is 11.3. The molecule has 2 N–H and O–H groups in total. The van der Waals surface area contributed by atoms with E-state index in [1.807, 2.05) is 0 Å². The summed E-state index contributed by atoms with van der Waals surface area (Å²) in [6.45, 7) is 3.26. The van der Waals surface area contributed by atoms with Crippen molar-refractivity contribution in [2.75, 3.05) is 32.0 Å². The van der Waals surface area contributed by atoms with Gasteiger partial charge in [-0.2, -0.15) is 0 Å². The van der Waals surface area contributed by atoms with Gasteiger partial charge in [-0.3, -0.25) is 4.79 Å². The van der Waals surface area contributed by atoms with Crippen LogP contribution in [0.25, 0.3) is 0 Å². The zero-order valence-electron chi connectivity index (χ0n) is 11.4. The van der Waals surface area contributed by atoms with Crippen LogP contribution in [0, 0.1) is 0 Å². The van der Waals surface area contributed by atoms with Gasteiger partial charge in [0.2, 0.25) is 5.91 Å². The third-order valence-electron chi connectivity index (χ3n) is 4.18. The van der Waals surface area contributed by atoms with Crippen LogP contribution in [0.4, 0.5) is 5.69 Å². The minimum atomic E-state index is 0.136. The summed E-state index contributed by atoms with van der Waals surface area (Å²) in [6, 6.07) is 7.03. The summed E-state index contributed by atoms with van der Waals surface area (Å²) < 4.78 is 0. The first-order valence-corrected chi connectivity index (χ1v) is 7.05. The molecule has 0 saturated carbocycles. The molecule has 1 amide bonds. The van der Waals surface area contributed by atoms with Crippen molar-refractivity contribution in [1.82, 2.24) is 10.2 Å². The van der Waals surface area contributed by atoms with Gasteiger partial charge < -0.3 is 15.5 Å². The zero-order valence-corrected chi connectivity index (χ0v) is 11.4. The van der Waals surface area contributed by atoms with E-state index in [4.69, 9.17) is 0 Å². The van der Waals surface area contributed by atoms with Crippen LogP contribution in [-0.2, 0) is 17.6 Å². The highest BCUT2D eigenvalue weighted by Gasteiger charge is 2.20. The number of carbonyl (C=O) groups is 1. The van der Waals surface area contributed by atoms with E-state index >= 15 is 0 Å². The predicted octanol–water partition coefficient (Wildman–Crippen LogP) is 1.02. The minimum Gasteiger partial charge on any atom is -0.326 e. The number of piperazine rings is 1. The van der Waals surface area contributed by atoms with Crippen LogP contribution in [-0.4, -0.2) is 43.5 Å². The third kappa shape index (κ3) is 2.80. The van der Waals surface area contributed by atoms with Crippen molar-refractivity contribution in [1.29, 1.82) is 0 Å². The molecule has 1 saturated heterocycles. The molecule has 1 unspecified atom stereocenters. The van der Waals surface area contributed by atoms with Gasteiger partial charge in [0.15, 0.2) is 0 Å². The second-order valence-corrected chi connectivity index (χ2v) is 5.58. The second kappa shape index (κ2) is 5.31. The van der Waals surface area contributed by atoms with Crippen molar-refractivity contribution in [3.8, 4) is 0 Å². The van der Waals surface area contributed by atoms with E-state index in [0.717, 1.165) is 38.2 Å². The number of likely N-dealkylation sites (N-methyl/N-ethyl adjacent to an activating group) is 1. The topological polar surface area (TPSA) is 44.4 Å². The third-order valence-corrected chi connectivity index (χ3v) is 4.18. The van der Waals surface area contributed by atoms with Crippen LogP contribution in [0.15, 0.2) is 18.2 Å². The molecule has 1 aromatic rings. The largest absolute Gasteiger partial charge is 0.326 e. The fourth-order valence-corrected chi connectivity index (χ4v) is 2.93. The maximum atomic E-state index is 11.3. The monoisotopic (exact) mass is 259 g/mol. The molecular formula is C15H21N3O. The Morgan fingerprint density at radius 2 is 2.26 bits per heavy atom. The summed E-state index contributed by atoms with van der Waals surface area (Å²) in [6.07, 6.45) is 2.56. The van der Waals surface area contributed by atoms with E-state index < -0.39 is 0 Å². The van der Waals surface area contributed by atoms with Crippen molar-refractivity contribution in [3.63, 3.8) is 0 Å². The first-order valence-electron chi connectivity index (χ1n) is 7.05. The van der Waals surface area contributed by atoms with Gasteiger partial charge in [-0.1, -0.05) is 12.1 Å². The molecule has 102 valence electrons. The van der Waals surface area contributed by atoms with Crippen LogP contribution < -0.4 is 10.6 Å². The summed E-state index contributed by atoms with van der Waals surface area (Å²) >= 11 is 0. The molecule has 0 aromatic heterocycles. The molecule has 2 aliphatic heterocycles.